The predicted molar refractivity (Wildman–Crippen MR) is 38.9 cm³/mol. The second-order valence-electron chi connectivity index (χ2n) is 1.90. The molecule has 0 aromatic rings. The van der Waals surface area contributed by atoms with Gasteiger partial charge in [0.15, 0.2) is 0 Å². The van der Waals surface area contributed by atoms with Crippen molar-refractivity contribution in [2.24, 2.45) is 0 Å². The Balaban J connectivity index is 2.32. The van der Waals surface area contributed by atoms with E-state index >= 15 is 0 Å². The summed E-state index contributed by atoms with van der Waals surface area (Å²) in [5, 5.41) is 0.667. The van der Waals surface area contributed by atoms with Crippen molar-refractivity contribution in [2.75, 3.05) is 5.75 Å². The normalized spacial score (nSPS) is 26.9. The van der Waals surface area contributed by atoms with Gasteiger partial charge in [-0.2, -0.15) is 0 Å². The van der Waals surface area contributed by atoms with Crippen LogP contribution in [0.1, 0.15) is 19.8 Å². The minimum absolute atomic E-state index is 0.667. The summed E-state index contributed by atoms with van der Waals surface area (Å²) in [5.41, 5.74) is 0. The van der Waals surface area contributed by atoms with E-state index in [1.165, 1.54) is 18.6 Å². The van der Waals surface area contributed by atoms with Crippen LogP contribution in [0.3, 0.4) is 0 Å². The molecule has 1 rings (SSSR count). The van der Waals surface area contributed by atoms with Crippen LogP contribution in [0.5, 0.6) is 0 Å². The summed E-state index contributed by atoms with van der Waals surface area (Å²) in [5.74, 6) is 7.42. The van der Waals surface area contributed by atoms with E-state index in [-0.39, 0.29) is 0 Å². The van der Waals surface area contributed by atoms with Gasteiger partial charge in [0.2, 0.25) is 0 Å². The van der Waals surface area contributed by atoms with Gasteiger partial charge in [0.25, 0.3) is 0 Å². The number of hydrogen-bond donors (Lipinski definition) is 0. The Bertz CT molecular complexity index is 112. The van der Waals surface area contributed by atoms with Crippen molar-refractivity contribution in [3.05, 3.63) is 0 Å². The lowest BCUT2D eigenvalue weighted by Crippen LogP contribution is -1.88. The van der Waals surface area contributed by atoms with Gasteiger partial charge in [-0.25, -0.2) is 0 Å². The zero-order valence-electron chi connectivity index (χ0n) is 5.11. The first-order chi connectivity index (χ1) is 3.93. The molecule has 0 nitrogen and oxygen atoms in total. The molecule has 0 saturated carbocycles. The van der Waals surface area contributed by atoms with Crippen molar-refractivity contribution in [2.45, 2.75) is 25.0 Å². The maximum absolute atomic E-state index is 3.16. The summed E-state index contributed by atoms with van der Waals surface area (Å²) in [7, 11) is 0. The molecule has 1 heterocycles. The van der Waals surface area contributed by atoms with Crippen LogP contribution in [0.15, 0.2) is 0 Å². The zero-order chi connectivity index (χ0) is 5.82. The summed E-state index contributed by atoms with van der Waals surface area (Å²) in [6, 6.07) is 0. The molecule has 1 fully saturated rings. The van der Waals surface area contributed by atoms with Crippen LogP contribution < -0.4 is 0 Å². The average molecular weight is 126 g/mol. The number of rotatable bonds is 0. The third-order valence-electron chi connectivity index (χ3n) is 1.24. The van der Waals surface area contributed by atoms with E-state index in [2.05, 4.69) is 11.8 Å². The van der Waals surface area contributed by atoms with Gasteiger partial charge in [0.05, 0.1) is 5.25 Å². The molecule has 0 aromatic carbocycles. The maximum Gasteiger partial charge on any atom is 0.0657 e. The maximum atomic E-state index is 3.16. The SMILES string of the molecule is CC#CC1CCCS1. The number of thioether (sulfide) groups is 1. The standard InChI is InChI=1S/C7H10S/c1-2-4-7-5-3-6-8-7/h7H,3,5-6H2,1H3. The Labute approximate surface area is 55.0 Å². The van der Waals surface area contributed by atoms with E-state index < -0.39 is 0 Å². The number of hydrogen-bond acceptors (Lipinski definition) is 1. The van der Waals surface area contributed by atoms with Gasteiger partial charge in [0.1, 0.15) is 0 Å². The molecule has 1 unspecified atom stereocenters. The first kappa shape index (κ1) is 6.04. The fraction of sp³-hybridized carbons (Fsp3) is 0.714. The minimum Gasteiger partial charge on any atom is -0.145 e. The third-order valence-corrected chi connectivity index (χ3v) is 2.52. The smallest absolute Gasteiger partial charge is 0.0657 e. The van der Waals surface area contributed by atoms with Crippen molar-refractivity contribution >= 4 is 11.8 Å². The van der Waals surface area contributed by atoms with Crippen LogP contribution in [0, 0.1) is 11.8 Å². The highest BCUT2D eigenvalue weighted by molar-refractivity contribution is 8.00. The highest BCUT2D eigenvalue weighted by Crippen LogP contribution is 2.24. The van der Waals surface area contributed by atoms with Crippen molar-refractivity contribution in [1.82, 2.24) is 0 Å². The lowest BCUT2D eigenvalue weighted by molar-refractivity contribution is 0.894. The van der Waals surface area contributed by atoms with Crippen molar-refractivity contribution in [3.8, 4) is 11.8 Å². The largest absolute Gasteiger partial charge is 0.145 e. The molecule has 1 aliphatic heterocycles. The molecule has 0 spiro atoms. The van der Waals surface area contributed by atoms with Crippen LogP contribution >= 0.6 is 11.8 Å². The summed E-state index contributed by atoms with van der Waals surface area (Å²) >= 11 is 1.99. The Morgan fingerprint density at radius 1 is 1.62 bits per heavy atom. The van der Waals surface area contributed by atoms with Gasteiger partial charge in [0, 0.05) is 0 Å². The second-order valence-corrected chi connectivity index (χ2v) is 3.21. The van der Waals surface area contributed by atoms with Crippen LogP contribution in [-0.4, -0.2) is 11.0 Å². The average Bonchev–Trinajstić information content (AvgIpc) is 2.19. The molecule has 0 N–H and O–H groups in total. The Morgan fingerprint density at radius 2 is 2.50 bits per heavy atom. The van der Waals surface area contributed by atoms with E-state index in [0.29, 0.717) is 5.25 Å². The fourth-order valence-corrected chi connectivity index (χ4v) is 2.00. The van der Waals surface area contributed by atoms with Gasteiger partial charge in [-0.3, -0.25) is 0 Å². The van der Waals surface area contributed by atoms with Crippen LogP contribution in [-0.2, 0) is 0 Å². The van der Waals surface area contributed by atoms with Gasteiger partial charge >= 0.3 is 0 Å². The molecule has 8 heavy (non-hydrogen) atoms. The lowest BCUT2D eigenvalue weighted by Gasteiger charge is -1.92. The molecule has 0 aromatic heterocycles. The molecule has 1 aliphatic rings. The van der Waals surface area contributed by atoms with Crippen LogP contribution in [0.2, 0.25) is 0 Å². The van der Waals surface area contributed by atoms with Gasteiger partial charge in [-0.05, 0) is 25.5 Å². The Morgan fingerprint density at radius 3 is 3.00 bits per heavy atom. The fourth-order valence-electron chi connectivity index (χ4n) is 0.852. The summed E-state index contributed by atoms with van der Waals surface area (Å²) in [4.78, 5) is 0. The molecule has 44 valence electrons. The first-order valence-corrected chi connectivity index (χ1v) is 4.02. The molecule has 1 heteroatoms. The summed E-state index contributed by atoms with van der Waals surface area (Å²) in [6.07, 6.45) is 2.68. The van der Waals surface area contributed by atoms with E-state index in [1.807, 2.05) is 18.7 Å². The van der Waals surface area contributed by atoms with E-state index in [9.17, 15) is 0 Å². The molecule has 0 bridgehead atoms. The monoisotopic (exact) mass is 126 g/mol. The van der Waals surface area contributed by atoms with E-state index in [0.717, 1.165) is 0 Å². The quantitative estimate of drug-likeness (QED) is 0.447. The molecular weight excluding hydrogens is 116 g/mol. The summed E-state index contributed by atoms with van der Waals surface area (Å²) in [6.45, 7) is 1.92. The Kier molecular flexibility index (Phi) is 2.29. The van der Waals surface area contributed by atoms with Crippen LogP contribution in [0.25, 0.3) is 0 Å². The molecule has 1 atom stereocenters. The second kappa shape index (κ2) is 3.04. The van der Waals surface area contributed by atoms with Gasteiger partial charge < -0.3 is 0 Å². The van der Waals surface area contributed by atoms with Crippen molar-refractivity contribution in [3.63, 3.8) is 0 Å². The summed E-state index contributed by atoms with van der Waals surface area (Å²) < 4.78 is 0. The molecule has 0 aliphatic carbocycles. The predicted octanol–water partition coefficient (Wildman–Crippen LogP) is 1.91. The topological polar surface area (TPSA) is 0 Å². The molecule has 0 amide bonds. The Hall–Kier alpha value is -0.0900. The van der Waals surface area contributed by atoms with Crippen molar-refractivity contribution in [1.29, 1.82) is 0 Å². The highest BCUT2D eigenvalue weighted by Gasteiger charge is 2.11. The van der Waals surface area contributed by atoms with Crippen LogP contribution in [0.4, 0.5) is 0 Å². The van der Waals surface area contributed by atoms with E-state index in [1.54, 1.807) is 0 Å². The van der Waals surface area contributed by atoms with Gasteiger partial charge in [-0.15, -0.1) is 17.7 Å². The highest BCUT2D eigenvalue weighted by atomic mass is 32.2. The molecular formula is C7H10S. The lowest BCUT2D eigenvalue weighted by atomic mass is 10.2. The molecule has 0 radical (unpaired) electrons. The molecule has 1 saturated heterocycles. The minimum atomic E-state index is 0.667. The van der Waals surface area contributed by atoms with Crippen molar-refractivity contribution < 1.29 is 0 Å². The zero-order valence-corrected chi connectivity index (χ0v) is 5.92. The van der Waals surface area contributed by atoms with E-state index in [4.69, 9.17) is 0 Å². The first-order valence-electron chi connectivity index (χ1n) is 2.97. The van der Waals surface area contributed by atoms with Gasteiger partial charge in [-0.1, -0.05) is 5.92 Å². The third kappa shape index (κ3) is 1.45.